The van der Waals surface area contributed by atoms with E-state index >= 15 is 0 Å². The zero-order valence-corrected chi connectivity index (χ0v) is 15.3. The number of hydrogen-bond acceptors (Lipinski definition) is 5. The lowest BCUT2D eigenvalue weighted by Crippen LogP contribution is -2.38. The van der Waals surface area contributed by atoms with Gasteiger partial charge in [-0.1, -0.05) is 13.0 Å². The molecule has 0 bridgehead atoms. The van der Waals surface area contributed by atoms with E-state index in [1.54, 1.807) is 4.31 Å². The van der Waals surface area contributed by atoms with Crippen LogP contribution in [0, 0.1) is 0 Å². The summed E-state index contributed by atoms with van der Waals surface area (Å²) in [6, 6.07) is 6.24. The summed E-state index contributed by atoms with van der Waals surface area (Å²) in [6.07, 6.45) is 4.14. The lowest BCUT2D eigenvalue weighted by molar-refractivity contribution is 0.0153. The fraction of sp³-hybridized carbons (Fsp3) is 0.706. The molecule has 3 heterocycles. The Morgan fingerprint density at radius 1 is 1.46 bits per heavy atom. The Morgan fingerprint density at radius 2 is 2.29 bits per heavy atom. The van der Waals surface area contributed by atoms with Gasteiger partial charge in [-0.2, -0.15) is 4.31 Å². The maximum Gasteiger partial charge on any atom is 0.214 e. The van der Waals surface area contributed by atoms with Crippen LogP contribution in [0.2, 0.25) is 0 Å². The molecule has 2 atom stereocenters. The SMILES string of the molecule is CCCS(=O)(=O)N1CC[C@]2(C[C@H](N(C)Cc3ccccn3)CO2)C1. The molecule has 0 aromatic carbocycles. The molecular formula is C17H27N3O3S. The molecule has 0 N–H and O–H groups in total. The van der Waals surface area contributed by atoms with E-state index in [-0.39, 0.29) is 11.4 Å². The van der Waals surface area contributed by atoms with Crippen LogP contribution >= 0.6 is 0 Å². The van der Waals surface area contributed by atoms with Crippen molar-refractivity contribution in [3.63, 3.8) is 0 Å². The van der Waals surface area contributed by atoms with Crippen molar-refractivity contribution in [1.29, 1.82) is 0 Å². The molecule has 0 saturated carbocycles. The Bertz CT molecular complexity index is 652. The van der Waals surface area contributed by atoms with E-state index in [1.165, 1.54) is 0 Å². The molecule has 0 amide bonds. The normalized spacial score (nSPS) is 28.2. The molecule has 6 nitrogen and oxygen atoms in total. The largest absolute Gasteiger partial charge is 0.372 e. The lowest BCUT2D eigenvalue weighted by atomic mass is 9.96. The topological polar surface area (TPSA) is 62.7 Å². The number of ether oxygens (including phenoxy) is 1. The van der Waals surface area contributed by atoms with Gasteiger partial charge in [0.25, 0.3) is 0 Å². The summed E-state index contributed by atoms with van der Waals surface area (Å²) in [5.74, 6) is 0.228. The summed E-state index contributed by atoms with van der Waals surface area (Å²) in [7, 11) is -1.04. The zero-order valence-electron chi connectivity index (χ0n) is 14.5. The standard InChI is InChI=1S/C17H27N3O3S/c1-3-10-24(21,22)20-9-7-17(14-20)11-16(13-23-17)19(2)12-15-6-4-5-8-18-15/h4-6,8,16H,3,7,9-14H2,1-2H3/t16-,17-/m0/s1. The Balaban J connectivity index is 1.59. The van der Waals surface area contributed by atoms with Gasteiger partial charge in [0.05, 0.1) is 23.7 Å². The first-order valence-electron chi connectivity index (χ1n) is 8.66. The molecule has 0 radical (unpaired) electrons. The van der Waals surface area contributed by atoms with Crippen molar-refractivity contribution in [2.45, 2.75) is 44.4 Å². The van der Waals surface area contributed by atoms with Crippen LogP contribution in [0.4, 0.5) is 0 Å². The first-order chi connectivity index (χ1) is 11.4. The maximum absolute atomic E-state index is 12.3. The Hall–Kier alpha value is -1.02. The first kappa shape index (κ1) is 17.8. The monoisotopic (exact) mass is 353 g/mol. The molecule has 3 rings (SSSR count). The number of hydrogen-bond donors (Lipinski definition) is 0. The third-order valence-corrected chi connectivity index (χ3v) is 7.11. The van der Waals surface area contributed by atoms with Crippen LogP contribution in [0.1, 0.15) is 31.9 Å². The van der Waals surface area contributed by atoms with E-state index in [0.29, 0.717) is 32.2 Å². The minimum Gasteiger partial charge on any atom is -0.372 e. The highest BCUT2D eigenvalue weighted by molar-refractivity contribution is 7.89. The summed E-state index contributed by atoms with van der Waals surface area (Å²) < 4.78 is 32.3. The third-order valence-electron chi connectivity index (χ3n) is 5.09. The van der Waals surface area contributed by atoms with Crippen LogP contribution in [0.25, 0.3) is 0 Å². The fourth-order valence-electron chi connectivity index (χ4n) is 3.70. The number of nitrogens with zero attached hydrogens (tertiary/aromatic N) is 3. The molecular weight excluding hydrogens is 326 g/mol. The number of rotatable bonds is 6. The summed E-state index contributed by atoms with van der Waals surface area (Å²) in [4.78, 5) is 6.64. The van der Waals surface area contributed by atoms with Gasteiger partial charge in [-0.05, 0) is 38.4 Å². The van der Waals surface area contributed by atoms with Gasteiger partial charge < -0.3 is 4.74 Å². The Labute approximate surface area is 144 Å². The predicted octanol–water partition coefficient (Wildman–Crippen LogP) is 1.49. The predicted molar refractivity (Wildman–Crippen MR) is 93.1 cm³/mol. The minimum atomic E-state index is -3.13. The molecule has 1 aromatic heterocycles. The second-order valence-electron chi connectivity index (χ2n) is 6.99. The Morgan fingerprint density at radius 3 is 3.00 bits per heavy atom. The second-order valence-corrected chi connectivity index (χ2v) is 9.08. The van der Waals surface area contributed by atoms with E-state index in [9.17, 15) is 8.42 Å². The molecule has 0 aliphatic carbocycles. The summed E-state index contributed by atoms with van der Waals surface area (Å²) >= 11 is 0. The van der Waals surface area contributed by atoms with Gasteiger partial charge in [0.1, 0.15) is 0 Å². The van der Waals surface area contributed by atoms with E-state index in [1.807, 2.05) is 31.3 Å². The highest BCUT2D eigenvalue weighted by Crippen LogP contribution is 2.37. The molecule has 0 unspecified atom stereocenters. The van der Waals surface area contributed by atoms with Crippen molar-refractivity contribution < 1.29 is 13.2 Å². The van der Waals surface area contributed by atoms with Crippen LogP contribution < -0.4 is 0 Å². The molecule has 1 aromatic rings. The van der Waals surface area contributed by atoms with Crippen molar-refractivity contribution in [2.75, 3.05) is 32.5 Å². The van der Waals surface area contributed by atoms with Crippen LogP contribution in [-0.4, -0.2) is 66.7 Å². The molecule has 7 heteroatoms. The highest BCUT2D eigenvalue weighted by Gasteiger charge is 2.48. The van der Waals surface area contributed by atoms with E-state index in [4.69, 9.17) is 4.74 Å². The van der Waals surface area contributed by atoms with Crippen molar-refractivity contribution in [2.24, 2.45) is 0 Å². The van der Waals surface area contributed by atoms with Gasteiger partial charge in [0.15, 0.2) is 0 Å². The molecule has 2 saturated heterocycles. The average Bonchev–Trinajstić information content (AvgIpc) is 3.17. The lowest BCUT2D eigenvalue weighted by Gasteiger charge is -2.25. The van der Waals surface area contributed by atoms with Crippen LogP contribution in [-0.2, 0) is 21.3 Å². The number of aromatic nitrogens is 1. The smallest absolute Gasteiger partial charge is 0.214 e. The first-order valence-corrected chi connectivity index (χ1v) is 10.3. The quantitative estimate of drug-likeness (QED) is 0.775. The molecule has 134 valence electrons. The van der Waals surface area contributed by atoms with Gasteiger partial charge in [-0.15, -0.1) is 0 Å². The van der Waals surface area contributed by atoms with Gasteiger partial charge in [-0.3, -0.25) is 9.88 Å². The van der Waals surface area contributed by atoms with Crippen molar-refractivity contribution in [3.8, 4) is 0 Å². The van der Waals surface area contributed by atoms with Gasteiger partial charge in [0.2, 0.25) is 10.0 Å². The van der Waals surface area contributed by atoms with Crippen LogP contribution in [0.15, 0.2) is 24.4 Å². The number of likely N-dealkylation sites (N-methyl/N-ethyl adjacent to an activating group) is 1. The fourth-order valence-corrected chi connectivity index (χ4v) is 5.27. The van der Waals surface area contributed by atoms with Gasteiger partial charge in [0, 0.05) is 31.9 Å². The molecule has 2 aliphatic rings. The molecule has 2 fully saturated rings. The van der Waals surface area contributed by atoms with Gasteiger partial charge in [-0.25, -0.2) is 8.42 Å². The average molecular weight is 353 g/mol. The second kappa shape index (κ2) is 7.07. The zero-order chi connectivity index (χ0) is 17.2. The summed E-state index contributed by atoms with van der Waals surface area (Å²) in [5.41, 5.74) is 0.739. The molecule has 2 aliphatic heterocycles. The third kappa shape index (κ3) is 3.79. The summed E-state index contributed by atoms with van der Waals surface area (Å²) in [6.45, 7) is 4.42. The summed E-state index contributed by atoms with van der Waals surface area (Å²) in [5, 5.41) is 0. The van der Waals surface area contributed by atoms with Crippen molar-refractivity contribution >= 4 is 10.0 Å². The van der Waals surface area contributed by atoms with Crippen LogP contribution in [0.5, 0.6) is 0 Å². The van der Waals surface area contributed by atoms with E-state index in [2.05, 4.69) is 16.9 Å². The molecule has 24 heavy (non-hydrogen) atoms. The van der Waals surface area contributed by atoms with E-state index in [0.717, 1.165) is 25.1 Å². The maximum atomic E-state index is 12.3. The van der Waals surface area contributed by atoms with Crippen molar-refractivity contribution in [3.05, 3.63) is 30.1 Å². The minimum absolute atomic E-state index is 0.228. The number of sulfonamides is 1. The highest BCUT2D eigenvalue weighted by atomic mass is 32.2. The van der Waals surface area contributed by atoms with Crippen LogP contribution in [0.3, 0.4) is 0 Å². The Kier molecular flexibility index (Phi) is 5.24. The van der Waals surface area contributed by atoms with E-state index < -0.39 is 10.0 Å². The number of pyridine rings is 1. The van der Waals surface area contributed by atoms with Gasteiger partial charge >= 0.3 is 0 Å². The molecule has 1 spiro atoms. The van der Waals surface area contributed by atoms with Crippen molar-refractivity contribution in [1.82, 2.24) is 14.2 Å².